The number of rotatable bonds is 4. The molecule has 0 aliphatic rings. The molecule has 2 aromatic rings. The Morgan fingerprint density at radius 3 is 2.52 bits per heavy atom. The van der Waals surface area contributed by atoms with Gasteiger partial charge in [0.1, 0.15) is 5.56 Å². The quantitative estimate of drug-likeness (QED) is 0.533. The van der Waals surface area contributed by atoms with Crippen LogP contribution in [0.5, 0.6) is 0 Å². The van der Waals surface area contributed by atoms with E-state index in [-0.39, 0.29) is 0 Å². The van der Waals surface area contributed by atoms with E-state index in [9.17, 15) is 4.79 Å². The molecule has 0 amide bonds. The Balaban J connectivity index is 2.27. The van der Waals surface area contributed by atoms with Gasteiger partial charge in [0.05, 0.1) is 5.69 Å². The Kier molecular flexibility index (Phi) is 4.82. The lowest BCUT2D eigenvalue weighted by molar-refractivity contribution is -0.0928. The number of aromatic nitrogens is 2. The Labute approximate surface area is 127 Å². The zero-order valence-electron chi connectivity index (χ0n) is 12.0. The number of hydrogen-bond donors (Lipinski definition) is 1. The summed E-state index contributed by atoms with van der Waals surface area (Å²) >= 11 is 4.98. The number of nitrogens with one attached hydrogen (secondary N) is 1. The number of nitrogens with zero attached hydrogens (tertiary/aromatic N) is 1. The summed E-state index contributed by atoms with van der Waals surface area (Å²) in [5.74, 6) is -0.501. The molecule has 1 unspecified atom stereocenters. The highest BCUT2D eigenvalue weighted by molar-refractivity contribution is 7.71. The molecule has 0 radical (unpaired) electrons. The predicted octanol–water partition coefficient (Wildman–Crippen LogP) is 3.26. The fourth-order valence-corrected chi connectivity index (χ4v) is 2.34. The maximum atomic E-state index is 12.3. The van der Waals surface area contributed by atoms with Crippen molar-refractivity contribution in [3.8, 4) is 0 Å². The number of H-pyrrole nitrogens is 1. The average Bonchev–Trinajstić information content (AvgIpc) is 2.44. The molecule has 1 atom stereocenters. The van der Waals surface area contributed by atoms with Crippen LogP contribution in [0.15, 0.2) is 30.3 Å². The number of aryl methyl sites for hydroxylation is 2. The van der Waals surface area contributed by atoms with Gasteiger partial charge < -0.3 is 14.5 Å². The minimum Gasteiger partial charge on any atom is -0.428 e. The first kappa shape index (κ1) is 15.3. The van der Waals surface area contributed by atoms with E-state index in [0.717, 1.165) is 5.56 Å². The molecule has 1 heterocycles. The molecular formula is C15H16N2O3S. The number of hydrogen-bond acceptors (Lipinski definition) is 5. The van der Waals surface area contributed by atoms with Gasteiger partial charge in [0.2, 0.25) is 6.29 Å². The molecule has 0 aliphatic carbocycles. The van der Waals surface area contributed by atoms with Crippen molar-refractivity contribution in [3.05, 3.63) is 57.6 Å². The predicted molar refractivity (Wildman–Crippen MR) is 80.5 cm³/mol. The molecule has 1 aromatic carbocycles. The van der Waals surface area contributed by atoms with Gasteiger partial charge in [-0.1, -0.05) is 30.3 Å². The number of methoxy groups -OCH3 is 1. The largest absolute Gasteiger partial charge is 0.428 e. The molecule has 2 rings (SSSR count). The Morgan fingerprint density at radius 2 is 1.95 bits per heavy atom. The third-order valence-corrected chi connectivity index (χ3v) is 3.20. The number of carbonyl (C=O) groups excluding carboxylic acids is 1. The first-order valence-corrected chi connectivity index (χ1v) is 6.80. The van der Waals surface area contributed by atoms with Gasteiger partial charge in [0, 0.05) is 18.4 Å². The molecule has 0 bridgehead atoms. The first-order valence-electron chi connectivity index (χ1n) is 6.39. The summed E-state index contributed by atoms with van der Waals surface area (Å²) in [6, 6.07) is 9.25. The highest BCUT2D eigenvalue weighted by Gasteiger charge is 2.21. The van der Waals surface area contributed by atoms with Crippen LogP contribution in [-0.4, -0.2) is 23.0 Å². The van der Waals surface area contributed by atoms with E-state index in [2.05, 4.69) is 9.97 Å². The lowest BCUT2D eigenvalue weighted by Crippen LogP contribution is -2.16. The van der Waals surface area contributed by atoms with Gasteiger partial charge in [-0.05, 0) is 26.1 Å². The Morgan fingerprint density at radius 1 is 1.29 bits per heavy atom. The van der Waals surface area contributed by atoms with E-state index in [1.807, 2.05) is 30.3 Å². The van der Waals surface area contributed by atoms with E-state index >= 15 is 0 Å². The van der Waals surface area contributed by atoms with E-state index in [0.29, 0.717) is 21.7 Å². The van der Waals surface area contributed by atoms with Gasteiger partial charge in [0.25, 0.3) is 0 Å². The van der Waals surface area contributed by atoms with E-state index in [1.54, 1.807) is 13.8 Å². The van der Waals surface area contributed by atoms with Gasteiger partial charge in [-0.25, -0.2) is 9.78 Å². The second-order valence-corrected chi connectivity index (χ2v) is 4.90. The van der Waals surface area contributed by atoms with Gasteiger partial charge >= 0.3 is 5.97 Å². The Hall–Kier alpha value is -2.05. The van der Waals surface area contributed by atoms with Crippen molar-refractivity contribution in [2.45, 2.75) is 20.1 Å². The van der Waals surface area contributed by atoms with Crippen LogP contribution >= 0.6 is 12.2 Å². The van der Waals surface area contributed by atoms with Crippen LogP contribution in [-0.2, 0) is 9.47 Å². The van der Waals surface area contributed by atoms with E-state index in [4.69, 9.17) is 21.7 Å². The van der Waals surface area contributed by atoms with Gasteiger partial charge in [-0.2, -0.15) is 0 Å². The van der Waals surface area contributed by atoms with E-state index in [1.165, 1.54) is 7.11 Å². The van der Waals surface area contributed by atoms with Crippen LogP contribution in [0.4, 0.5) is 0 Å². The lowest BCUT2D eigenvalue weighted by atomic mass is 10.1. The number of aromatic amines is 1. The van der Waals surface area contributed by atoms with Crippen LogP contribution in [0.2, 0.25) is 0 Å². The molecule has 110 valence electrons. The number of benzene rings is 1. The Bertz CT molecular complexity index is 672. The topological polar surface area (TPSA) is 64.2 Å². The fourth-order valence-electron chi connectivity index (χ4n) is 2.05. The van der Waals surface area contributed by atoms with Crippen molar-refractivity contribution in [2.24, 2.45) is 0 Å². The van der Waals surface area contributed by atoms with Gasteiger partial charge in [-0.3, -0.25) is 0 Å². The highest BCUT2D eigenvalue weighted by atomic mass is 32.1. The molecule has 6 heteroatoms. The smallest absolute Gasteiger partial charge is 0.344 e. The summed E-state index contributed by atoms with van der Waals surface area (Å²) in [6.45, 7) is 3.48. The number of ether oxygens (including phenoxy) is 2. The maximum absolute atomic E-state index is 12.3. The van der Waals surface area contributed by atoms with Gasteiger partial charge in [0.15, 0.2) is 4.77 Å². The molecule has 21 heavy (non-hydrogen) atoms. The van der Waals surface area contributed by atoms with Crippen molar-refractivity contribution < 1.29 is 14.3 Å². The van der Waals surface area contributed by atoms with Crippen molar-refractivity contribution in [1.82, 2.24) is 9.97 Å². The summed E-state index contributed by atoms with van der Waals surface area (Å²) < 4.78 is 11.0. The minimum atomic E-state index is -0.763. The van der Waals surface area contributed by atoms with Gasteiger partial charge in [-0.15, -0.1) is 0 Å². The molecular weight excluding hydrogens is 288 g/mol. The molecule has 5 nitrogen and oxygen atoms in total. The van der Waals surface area contributed by atoms with Crippen LogP contribution in [0.25, 0.3) is 0 Å². The zero-order chi connectivity index (χ0) is 15.4. The minimum absolute atomic E-state index is 0.341. The summed E-state index contributed by atoms with van der Waals surface area (Å²) in [6.07, 6.45) is -0.763. The third-order valence-electron chi connectivity index (χ3n) is 3.00. The molecule has 0 saturated heterocycles. The third kappa shape index (κ3) is 3.53. The standard InChI is InChI=1S/C15H16N2O3S/c1-9-12(10(2)17-15(21)16-9)13(18)20-14(19-3)11-7-5-4-6-8-11/h4-8,14H,1-3H3,(H,16,17,21). The monoisotopic (exact) mass is 304 g/mol. The van der Waals surface area contributed by atoms with Crippen LogP contribution in [0, 0.1) is 18.6 Å². The zero-order valence-corrected chi connectivity index (χ0v) is 12.9. The molecule has 0 aliphatic heterocycles. The summed E-state index contributed by atoms with van der Waals surface area (Å²) in [5.41, 5.74) is 2.30. The number of carbonyl (C=O) groups is 1. The fraction of sp³-hybridized carbons (Fsp3) is 0.267. The van der Waals surface area contributed by atoms with Crippen LogP contribution in [0.3, 0.4) is 0 Å². The average molecular weight is 304 g/mol. The molecule has 1 aromatic heterocycles. The highest BCUT2D eigenvalue weighted by Crippen LogP contribution is 2.21. The second kappa shape index (κ2) is 6.60. The first-order chi connectivity index (χ1) is 10.0. The summed E-state index contributed by atoms with van der Waals surface area (Å²) in [5, 5.41) is 0. The van der Waals surface area contributed by atoms with E-state index < -0.39 is 12.3 Å². The SMILES string of the molecule is COC(OC(=O)c1c(C)nc(=S)[nH]c1C)c1ccccc1. The van der Waals surface area contributed by atoms with Crippen molar-refractivity contribution in [2.75, 3.05) is 7.11 Å². The molecule has 0 fully saturated rings. The van der Waals surface area contributed by atoms with Crippen molar-refractivity contribution in [1.29, 1.82) is 0 Å². The summed E-state index contributed by atoms with van der Waals surface area (Å²) in [4.78, 5) is 19.3. The van der Waals surface area contributed by atoms with Crippen LogP contribution < -0.4 is 0 Å². The number of esters is 1. The summed E-state index contributed by atoms with van der Waals surface area (Å²) in [7, 11) is 1.49. The normalized spacial score (nSPS) is 12.0. The second-order valence-electron chi connectivity index (χ2n) is 4.51. The molecule has 0 saturated carbocycles. The maximum Gasteiger partial charge on any atom is 0.344 e. The molecule has 1 N–H and O–H groups in total. The van der Waals surface area contributed by atoms with Crippen molar-refractivity contribution in [3.63, 3.8) is 0 Å². The van der Waals surface area contributed by atoms with Crippen LogP contribution in [0.1, 0.15) is 33.6 Å². The van der Waals surface area contributed by atoms with Crippen molar-refractivity contribution >= 4 is 18.2 Å². The lowest BCUT2D eigenvalue weighted by Gasteiger charge is -2.17. The molecule has 0 spiro atoms.